The summed E-state index contributed by atoms with van der Waals surface area (Å²) in [6.07, 6.45) is 5.80. The summed E-state index contributed by atoms with van der Waals surface area (Å²) < 4.78 is 16.8. The lowest BCUT2D eigenvalue weighted by molar-refractivity contribution is 0.185. The molecule has 0 saturated heterocycles. The molecular weight excluding hydrogens is 171 g/mol. The van der Waals surface area contributed by atoms with Crippen molar-refractivity contribution < 1.29 is 9.13 Å². The summed E-state index contributed by atoms with van der Waals surface area (Å²) in [6, 6.07) is 0. The number of aliphatic imine (C=N–C) groups is 1. The van der Waals surface area contributed by atoms with E-state index in [0.29, 0.717) is 11.6 Å². The normalized spacial score (nSPS) is 21.6. The molecule has 0 unspecified atom stereocenters. The summed E-state index contributed by atoms with van der Waals surface area (Å²) in [4.78, 5) is 3.92. The largest absolute Gasteiger partial charge is 0.475 e. The fourth-order valence-electron chi connectivity index (χ4n) is 1.02. The van der Waals surface area contributed by atoms with Crippen LogP contribution in [0.4, 0.5) is 4.39 Å². The monoisotopic (exact) mass is 184 g/mol. The Labute approximate surface area is 76.8 Å². The van der Waals surface area contributed by atoms with Crippen LogP contribution < -0.4 is 0 Å². The number of ether oxygens (including phenoxy) is 1. The molecule has 0 spiro atoms. The molecule has 0 aromatic heterocycles. The molecule has 0 aromatic carbocycles. The molecule has 13 heavy (non-hydrogen) atoms. The van der Waals surface area contributed by atoms with Gasteiger partial charge in [0.25, 0.3) is 0 Å². The highest BCUT2D eigenvalue weighted by Gasteiger charge is 2.00. The molecule has 0 saturated carbocycles. The minimum absolute atomic E-state index is 0.0382. The zero-order valence-electron chi connectivity index (χ0n) is 7.42. The maximum Gasteiger partial charge on any atom is 0.209 e. The van der Waals surface area contributed by atoms with Crippen LogP contribution in [0, 0.1) is 5.41 Å². The van der Waals surface area contributed by atoms with Crippen molar-refractivity contribution in [2.45, 2.75) is 19.3 Å². The van der Waals surface area contributed by atoms with E-state index in [1.54, 1.807) is 0 Å². The van der Waals surface area contributed by atoms with Crippen molar-refractivity contribution >= 4 is 11.9 Å². The lowest BCUT2D eigenvalue weighted by Gasteiger charge is -2.06. The van der Waals surface area contributed by atoms with Crippen LogP contribution in [0.2, 0.25) is 0 Å². The zero-order valence-corrected chi connectivity index (χ0v) is 7.42. The zero-order chi connectivity index (χ0) is 9.52. The Morgan fingerprint density at radius 1 is 1.62 bits per heavy atom. The van der Waals surface area contributed by atoms with Gasteiger partial charge in [0.05, 0.1) is 6.21 Å². The first-order chi connectivity index (χ1) is 6.33. The number of allylic oxidation sites excluding steroid dienone is 1. The number of hydrogen-bond donors (Lipinski definition) is 1. The molecule has 0 fully saturated rings. The third-order valence-corrected chi connectivity index (χ3v) is 1.64. The van der Waals surface area contributed by atoms with Crippen LogP contribution in [0.15, 0.2) is 17.0 Å². The first-order valence-electron chi connectivity index (χ1n) is 4.33. The van der Waals surface area contributed by atoms with Gasteiger partial charge in [0, 0.05) is 5.71 Å². The number of nitrogens with one attached hydrogen (secondary N) is 1. The third kappa shape index (κ3) is 3.83. The van der Waals surface area contributed by atoms with Crippen LogP contribution in [0.1, 0.15) is 19.3 Å². The molecule has 0 aliphatic carbocycles. The van der Waals surface area contributed by atoms with E-state index in [9.17, 15) is 4.39 Å². The molecule has 0 radical (unpaired) electrons. The van der Waals surface area contributed by atoms with E-state index in [1.165, 1.54) is 6.21 Å². The summed E-state index contributed by atoms with van der Waals surface area (Å²) in [5.74, 6) is 0.433. The topological polar surface area (TPSA) is 45.4 Å². The van der Waals surface area contributed by atoms with E-state index in [1.807, 2.05) is 6.08 Å². The van der Waals surface area contributed by atoms with Crippen molar-refractivity contribution in [3.05, 3.63) is 12.0 Å². The lowest BCUT2D eigenvalue weighted by Crippen LogP contribution is -2.03. The van der Waals surface area contributed by atoms with Crippen LogP contribution in [-0.2, 0) is 4.74 Å². The van der Waals surface area contributed by atoms with E-state index in [0.717, 1.165) is 19.3 Å². The van der Waals surface area contributed by atoms with Gasteiger partial charge >= 0.3 is 0 Å². The summed E-state index contributed by atoms with van der Waals surface area (Å²) >= 11 is 0. The molecule has 1 N–H and O–H groups in total. The van der Waals surface area contributed by atoms with Crippen molar-refractivity contribution in [1.82, 2.24) is 0 Å². The summed E-state index contributed by atoms with van der Waals surface area (Å²) in [7, 11) is 0. The van der Waals surface area contributed by atoms with Crippen molar-refractivity contribution in [2.24, 2.45) is 4.99 Å². The van der Waals surface area contributed by atoms with Crippen molar-refractivity contribution in [3.8, 4) is 0 Å². The third-order valence-electron chi connectivity index (χ3n) is 1.64. The van der Waals surface area contributed by atoms with Crippen molar-refractivity contribution in [1.29, 1.82) is 5.41 Å². The number of rotatable bonds is 3. The number of halogens is 1. The van der Waals surface area contributed by atoms with Gasteiger partial charge in [-0.3, -0.25) is 0 Å². The molecule has 3 nitrogen and oxygen atoms in total. The van der Waals surface area contributed by atoms with E-state index in [-0.39, 0.29) is 6.61 Å². The van der Waals surface area contributed by atoms with Crippen molar-refractivity contribution in [2.75, 3.05) is 13.3 Å². The van der Waals surface area contributed by atoms with Crippen LogP contribution >= 0.6 is 0 Å². The second-order valence-corrected chi connectivity index (χ2v) is 2.76. The van der Waals surface area contributed by atoms with Gasteiger partial charge in [-0.15, -0.1) is 0 Å². The molecule has 0 amide bonds. The summed E-state index contributed by atoms with van der Waals surface area (Å²) in [5.41, 5.74) is 0.495. The van der Waals surface area contributed by atoms with Crippen LogP contribution in [0.3, 0.4) is 0 Å². The first kappa shape index (κ1) is 9.89. The molecule has 0 atom stereocenters. The predicted octanol–water partition coefficient (Wildman–Crippen LogP) is 2.09. The SMILES string of the molecule is N=C1C=N/C(OCCF)=C\CCC1. The Balaban J connectivity index is 2.50. The average molecular weight is 184 g/mol. The second kappa shape index (κ2) is 5.45. The van der Waals surface area contributed by atoms with Gasteiger partial charge in [-0.25, -0.2) is 9.38 Å². The fraction of sp³-hybridized carbons (Fsp3) is 0.556. The molecule has 1 aliphatic heterocycles. The Kier molecular flexibility index (Phi) is 4.15. The predicted molar refractivity (Wildman–Crippen MR) is 50.1 cm³/mol. The molecule has 0 bridgehead atoms. The van der Waals surface area contributed by atoms with Gasteiger partial charge in [0.2, 0.25) is 5.88 Å². The van der Waals surface area contributed by atoms with Crippen molar-refractivity contribution in [3.63, 3.8) is 0 Å². The highest BCUT2D eigenvalue weighted by molar-refractivity contribution is 6.29. The quantitative estimate of drug-likeness (QED) is 0.717. The molecule has 4 heteroatoms. The minimum Gasteiger partial charge on any atom is -0.475 e. The van der Waals surface area contributed by atoms with E-state index < -0.39 is 6.67 Å². The maximum absolute atomic E-state index is 11.8. The highest BCUT2D eigenvalue weighted by atomic mass is 19.1. The standard InChI is InChI=1S/C9H13FN2O/c10-5-6-13-9-4-2-1-3-8(11)7-12-9/h4,7,11H,1-3,5-6H2/b9-4+,11-8?,12-7?. The molecular formula is C9H13FN2O. The van der Waals surface area contributed by atoms with Gasteiger partial charge in [-0.2, -0.15) is 0 Å². The fourth-order valence-corrected chi connectivity index (χ4v) is 1.02. The molecule has 1 heterocycles. The van der Waals surface area contributed by atoms with Gasteiger partial charge < -0.3 is 10.1 Å². The van der Waals surface area contributed by atoms with Crippen LogP contribution in [0.5, 0.6) is 0 Å². The van der Waals surface area contributed by atoms with E-state index in [2.05, 4.69) is 4.99 Å². The van der Waals surface area contributed by atoms with Gasteiger partial charge in [-0.1, -0.05) is 0 Å². The van der Waals surface area contributed by atoms with Gasteiger partial charge in [-0.05, 0) is 25.3 Å². The van der Waals surface area contributed by atoms with Crippen LogP contribution in [-0.4, -0.2) is 25.2 Å². The minimum atomic E-state index is -0.510. The van der Waals surface area contributed by atoms with Gasteiger partial charge in [0.1, 0.15) is 13.3 Å². The lowest BCUT2D eigenvalue weighted by atomic mass is 10.1. The average Bonchev–Trinajstić information content (AvgIpc) is 2.11. The Bertz CT molecular complexity index is 236. The van der Waals surface area contributed by atoms with Crippen LogP contribution in [0.25, 0.3) is 0 Å². The summed E-state index contributed by atoms with van der Waals surface area (Å²) in [6.45, 7) is -0.471. The number of nitrogens with zero attached hydrogens (tertiary/aromatic N) is 1. The molecule has 1 rings (SSSR count). The summed E-state index contributed by atoms with van der Waals surface area (Å²) in [5, 5.41) is 7.39. The Morgan fingerprint density at radius 2 is 2.46 bits per heavy atom. The Morgan fingerprint density at radius 3 is 3.23 bits per heavy atom. The highest BCUT2D eigenvalue weighted by Crippen LogP contribution is 2.08. The number of hydrogen-bond acceptors (Lipinski definition) is 3. The second-order valence-electron chi connectivity index (χ2n) is 2.76. The molecule has 72 valence electrons. The first-order valence-corrected chi connectivity index (χ1v) is 4.33. The van der Waals surface area contributed by atoms with E-state index in [4.69, 9.17) is 10.1 Å². The van der Waals surface area contributed by atoms with E-state index >= 15 is 0 Å². The smallest absolute Gasteiger partial charge is 0.209 e. The van der Waals surface area contributed by atoms with Gasteiger partial charge in [0.15, 0.2) is 0 Å². The number of alkyl halides is 1. The maximum atomic E-state index is 11.8. The Hall–Kier alpha value is -1.19. The molecule has 1 aliphatic rings. The molecule has 0 aromatic rings.